The van der Waals surface area contributed by atoms with Gasteiger partial charge in [0.25, 0.3) is 0 Å². The first kappa shape index (κ1) is 29.3. The molecule has 1 heterocycles. The second-order valence-corrected chi connectivity index (χ2v) is 9.57. The van der Waals surface area contributed by atoms with E-state index in [-0.39, 0.29) is 24.5 Å². The Hall–Kier alpha value is -4.64. The number of rotatable bonds is 12. The zero-order valence-corrected chi connectivity index (χ0v) is 24.5. The summed E-state index contributed by atoms with van der Waals surface area (Å²) >= 11 is 3.36. The maximum atomic E-state index is 13.4. The Bertz CT molecular complexity index is 1560. The van der Waals surface area contributed by atoms with Crippen molar-refractivity contribution in [1.82, 2.24) is 15.0 Å². The van der Waals surface area contributed by atoms with Gasteiger partial charge in [0.2, 0.25) is 0 Å². The molecule has 10 nitrogen and oxygen atoms in total. The molecule has 0 saturated heterocycles. The molecule has 0 N–H and O–H groups in total. The number of ketones is 1. The Morgan fingerprint density at radius 2 is 1.41 bits per heavy atom. The summed E-state index contributed by atoms with van der Waals surface area (Å²) in [6.07, 6.45) is 3.25. The molecule has 3 aromatic carbocycles. The van der Waals surface area contributed by atoms with Gasteiger partial charge < -0.3 is 23.7 Å². The van der Waals surface area contributed by atoms with E-state index in [0.29, 0.717) is 45.4 Å². The molecule has 0 saturated carbocycles. The van der Waals surface area contributed by atoms with Crippen molar-refractivity contribution < 1.29 is 33.3 Å². The number of hydrogen-bond acceptors (Lipinski definition) is 9. The van der Waals surface area contributed by atoms with Crippen LogP contribution in [-0.2, 0) is 22.7 Å². The second-order valence-electron chi connectivity index (χ2n) is 8.66. The molecule has 212 valence electrons. The number of methoxy groups -OCH3 is 4. The van der Waals surface area contributed by atoms with Gasteiger partial charge in [-0.05, 0) is 53.6 Å². The van der Waals surface area contributed by atoms with Crippen LogP contribution in [0.25, 0.3) is 11.6 Å². The third kappa shape index (κ3) is 7.31. The number of benzene rings is 3. The van der Waals surface area contributed by atoms with Crippen molar-refractivity contribution in [2.75, 3.05) is 28.4 Å². The highest BCUT2D eigenvalue weighted by Crippen LogP contribution is 2.33. The second kappa shape index (κ2) is 13.6. The van der Waals surface area contributed by atoms with Crippen LogP contribution in [0, 0.1) is 0 Å². The Kier molecular flexibility index (Phi) is 9.75. The van der Waals surface area contributed by atoms with E-state index < -0.39 is 5.97 Å². The lowest BCUT2D eigenvalue weighted by Crippen LogP contribution is -2.11. The third-order valence-electron chi connectivity index (χ3n) is 6.04. The quantitative estimate of drug-likeness (QED) is 0.0907. The summed E-state index contributed by atoms with van der Waals surface area (Å²) in [4.78, 5) is 26.0. The monoisotopic (exact) mass is 621 g/mol. The van der Waals surface area contributed by atoms with Gasteiger partial charge in [-0.1, -0.05) is 45.4 Å². The molecule has 11 heteroatoms. The van der Waals surface area contributed by atoms with Crippen molar-refractivity contribution in [2.24, 2.45) is 0 Å². The molecular formula is C30H28BrN3O7. The highest BCUT2D eigenvalue weighted by molar-refractivity contribution is 9.10. The zero-order valence-electron chi connectivity index (χ0n) is 22.9. The van der Waals surface area contributed by atoms with E-state index in [4.69, 9.17) is 23.7 Å². The number of carbonyl (C=O) groups excluding carboxylic acids is 2. The van der Waals surface area contributed by atoms with E-state index in [1.54, 1.807) is 80.0 Å². The topological polar surface area (TPSA) is 111 Å². The minimum Gasteiger partial charge on any atom is -0.493 e. The summed E-state index contributed by atoms with van der Waals surface area (Å²) in [5.41, 5.74) is 2.43. The van der Waals surface area contributed by atoms with Gasteiger partial charge in [0.15, 0.2) is 28.8 Å². The number of aromatic nitrogens is 3. The number of ether oxygens (including phenoxy) is 5. The lowest BCUT2D eigenvalue weighted by molar-refractivity contribution is -0.137. The van der Waals surface area contributed by atoms with Crippen LogP contribution in [-0.4, -0.2) is 55.2 Å². The smallest absolute Gasteiger partial charge is 0.339 e. The molecule has 0 atom stereocenters. The van der Waals surface area contributed by atoms with Crippen molar-refractivity contribution in [1.29, 1.82) is 0 Å². The van der Waals surface area contributed by atoms with E-state index in [1.807, 2.05) is 0 Å². The average molecular weight is 622 g/mol. The van der Waals surface area contributed by atoms with Crippen molar-refractivity contribution in [3.8, 4) is 23.0 Å². The molecule has 4 aromatic rings. The molecule has 0 fully saturated rings. The summed E-state index contributed by atoms with van der Waals surface area (Å²) in [6.45, 7) is -0.152. The molecule has 0 amide bonds. The summed E-state index contributed by atoms with van der Waals surface area (Å²) in [7, 11) is 6.13. The van der Waals surface area contributed by atoms with Crippen LogP contribution in [0.3, 0.4) is 0 Å². The normalized spacial score (nSPS) is 11.1. The van der Waals surface area contributed by atoms with E-state index in [9.17, 15) is 9.59 Å². The number of nitrogens with zero attached hydrogens (tertiary/aromatic N) is 3. The fourth-order valence-corrected chi connectivity index (χ4v) is 4.21. The van der Waals surface area contributed by atoms with Gasteiger partial charge in [0.1, 0.15) is 18.8 Å². The SMILES string of the molecule is COc1ccc(/C=C(/C(=O)OCc2cn(CC(=O)c3ccc(Br)cc3)nn2)c2ccc(OC)c(OC)c2)cc1OC. The fraction of sp³-hybridized carbons (Fsp3) is 0.200. The lowest BCUT2D eigenvalue weighted by Gasteiger charge is -2.13. The molecule has 0 unspecified atom stereocenters. The number of esters is 1. The molecule has 0 aliphatic rings. The van der Waals surface area contributed by atoms with Gasteiger partial charge in [-0.15, -0.1) is 5.10 Å². The van der Waals surface area contributed by atoms with Crippen LogP contribution in [0.4, 0.5) is 0 Å². The van der Waals surface area contributed by atoms with Crippen LogP contribution in [0.5, 0.6) is 23.0 Å². The molecule has 0 aliphatic heterocycles. The summed E-state index contributed by atoms with van der Waals surface area (Å²) in [5.74, 6) is 1.31. The minimum absolute atomic E-state index is 0.00131. The number of halogens is 1. The predicted octanol–water partition coefficient (Wildman–Crippen LogP) is 5.24. The van der Waals surface area contributed by atoms with Crippen molar-refractivity contribution in [3.05, 3.63) is 93.7 Å². The van der Waals surface area contributed by atoms with Crippen LogP contribution >= 0.6 is 15.9 Å². The minimum atomic E-state index is -0.604. The molecule has 4 rings (SSSR count). The van der Waals surface area contributed by atoms with Crippen LogP contribution in [0.15, 0.2) is 71.3 Å². The Labute approximate surface area is 245 Å². The third-order valence-corrected chi connectivity index (χ3v) is 6.57. The number of carbonyl (C=O) groups is 2. The van der Waals surface area contributed by atoms with Crippen molar-refractivity contribution >= 4 is 39.3 Å². The maximum Gasteiger partial charge on any atom is 0.339 e. The Balaban J connectivity index is 1.55. The van der Waals surface area contributed by atoms with Gasteiger partial charge in [-0.25, -0.2) is 9.48 Å². The van der Waals surface area contributed by atoms with Crippen LogP contribution in [0.2, 0.25) is 0 Å². The van der Waals surface area contributed by atoms with Crippen LogP contribution < -0.4 is 18.9 Å². The molecule has 41 heavy (non-hydrogen) atoms. The number of hydrogen-bond donors (Lipinski definition) is 0. The Morgan fingerprint density at radius 3 is 2.07 bits per heavy atom. The Morgan fingerprint density at radius 1 is 0.805 bits per heavy atom. The highest BCUT2D eigenvalue weighted by atomic mass is 79.9. The van der Waals surface area contributed by atoms with Crippen molar-refractivity contribution in [2.45, 2.75) is 13.2 Å². The van der Waals surface area contributed by atoms with E-state index in [2.05, 4.69) is 26.2 Å². The van der Waals surface area contributed by atoms with E-state index in [1.165, 1.54) is 26.0 Å². The first-order valence-corrected chi connectivity index (χ1v) is 13.2. The summed E-state index contributed by atoms with van der Waals surface area (Å²) in [6, 6.07) is 17.5. The van der Waals surface area contributed by atoms with Gasteiger partial charge in [-0.3, -0.25) is 4.79 Å². The zero-order chi connectivity index (χ0) is 29.4. The van der Waals surface area contributed by atoms with Gasteiger partial charge in [0.05, 0.1) is 40.2 Å². The van der Waals surface area contributed by atoms with Crippen molar-refractivity contribution in [3.63, 3.8) is 0 Å². The number of Topliss-reactive ketones (excluding diaryl/α,β-unsaturated/α-hetero) is 1. The average Bonchev–Trinajstić information content (AvgIpc) is 3.45. The lowest BCUT2D eigenvalue weighted by atomic mass is 10.0. The molecule has 0 spiro atoms. The first-order valence-electron chi connectivity index (χ1n) is 12.4. The molecular weight excluding hydrogens is 594 g/mol. The standard InChI is InChI=1S/C30H28BrN3O7/c1-37-26-11-5-19(14-28(26)39-3)13-24(21-8-12-27(38-2)29(15-21)40-4)30(36)41-18-23-16-34(33-32-23)17-25(35)20-6-9-22(31)10-7-20/h5-16H,17-18H2,1-4H3/b24-13+. The van der Waals surface area contributed by atoms with Gasteiger partial charge in [0, 0.05) is 10.0 Å². The maximum absolute atomic E-state index is 13.4. The fourth-order valence-electron chi connectivity index (χ4n) is 3.95. The molecule has 0 bridgehead atoms. The molecule has 0 radical (unpaired) electrons. The first-order chi connectivity index (χ1) is 19.8. The summed E-state index contributed by atoms with van der Waals surface area (Å²) in [5, 5.41) is 8.05. The van der Waals surface area contributed by atoms with E-state index >= 15 is 0 Å². The van der Waals surface area contributed by atoms with Gasteiger partial charge >= 0.3 is 5.97 Å². The molecule has 1 aromatic heterocycles. The van der Waals surface area contributed by atoms with Gasteiger partial charge in [-0.2, -0.15) is 0 Å². The van der Waals surface area contributed by atoms with E-state index in [0.717, 1.165) is 4.47 Å². The van der Waals surface area contributed by atoms with Crippen LogP contribution in [0.1, 0.15) is 27.2 Å². The predicted molar refractivity (Wildman–Crippen MR) is 155 cm³/mol. The molecule has 0 aliphatic carbocycles. The highest BCUT2D eigenvalue weighted by Gasteiger charge is 2.18. The largest absolute Gasteiger partial charge is 0.493 e. The summed E-state index contributed by atoms with van der Waals surface area (Å²) < 4.78 is 29.4.